The number of phenols is 8. The summed E-state index contributed by atoms with van der Waals surface area (Å²) in [5.41, 5.74) is 0.810. The number of rotatable bonds is 7. The molecule has 0 saturated heterocycles. The summed E-state index contributed by atoms with van der Waals surface area (Å²) in [5, 5.41) is 85.2. The van der Waals surface area contributed by atoms with Crippen molar-refractivity contribution in [3.63, 3.8) is 0 Å². The fourth-order valence-electron chi connectivity index (χ4n) is 7.00. The Balaban J connectivity index is 1.70. The minimum atomic E-state index is -1.21. The van der Waals surface area contributed by atoms with Gasteiger partial charge in [0.1, 0.15) is 62.7 Å². The van der Waals surface area contributed by atoms with E-state index in [1.807, 2.05) is 13.8 Å². The van der Waals surface area contributed by atoms with Gasteiger partial charge < -0.3 is 45.3 Å². The lowest BCUT2D eigenvalue weighted by Gasteiger charge is -2.37. The summed E-state index contributed by atoms with van der Waals surface area (Å²) in [5.74, 6) is -6.99. The fourth-order valence-corrected chi connectivity index (χ4v) is 7.00. The SMILES string of the molecule is CC(C)=CCc1c(-c2ccc(O)cc2O)oc2c(C3C=C(C)C[C@@H](c4ccc(O)cc4O)C3C(=O)c3ccc(O)cc3O)c(O)cc(O)c2c1=O. The lowest BCUT2D eigenvalue weighted by atomic mass is 9.65. The molecule has 2 unspecified atom stereocenters. The molecule has 0 spiro atoms. The summed E-state index contributed by atoms with van der Waals surface area (Å²) in [6.07, 6.45) is 3.73. The van der Waals surface area contributed by atoms with Crippen molar-refractivity contribution in [1.82, 2.24) is 0 Å². The van der Waals surface area contributed by atoms with E-state index in [9.17, 15) is 50.4 Å². The maximum Gasteiger partial charge on any atom is 0.200 e. The van der Waals surface area contributed by atoms with Crippen LogP contribution in [0.5, 0.6) is 46.0 Å². The van der Waals surface area contributed by atoms with Gasteiger partial charge in [-0.05, 0) is 69.5 Å². The number of Topliss-reactive ketones (excluding diaryl/α,β-unsaturated/α-hetero) is 1. The van der Waals surface area contributed by atoms with Gasteiger partial charge in [0.05, 0.1) is 11.1 Å². The molecule has 51 heavy (non-hydrogen) atoms. The molecule has 1 heterocycles. The lowest BCUT2D eigenvalue weighted by Crippen LogP contribution is -2.32. The van der Waals surface area contributed by atoms with Gasteiger partial charge in [-0.2, -0.15) is 0 Å². The number of phenolic OH excluding ortho intramolecular Hbond substituents is 8. The molecule has 1 aliphatic carbocycles. The molecule has 11 heteroatoms. The Bertz CT molecular complexity index is 2340. The normalized spacial score (nSPS) is 17.2. The molecule has 5 aromatic rings. The molecule has 1 aliphatic rings. The van der Waals surface area contributed by atoms with Crippen molar-refractivity contribution >= 4 is 16.8 Å². The van der Waals surface area contributed by atoms with Crippen LogP contribution in [0.2, 0.25) is 0 Å². The molecule has 0 aliphatic heterocycles. The van der Waals surface area contributed by atoms with E-state index in [4.69, 9.17) is 4.42 Å². The van der Waals surface area contributed by atoms with Crippen molar-refractivity contribution in [2.75, 3.05) is 0 Å². The van der Waals surface area contributed by atoms with Crippen LogP contribution in [0.25, 0.3) is 22.3 Å². The van der Waals surface area contributed by atoms with Gasteiger partial charge in [0.25, 0.3) is 0 Å². The zero-order valence-electron chi connectivity index (χ0n) is 27.9. The highest BCUT2D eigenvalue weighted by atomic mass is 16.3. The van der Waals surface area contributed by atoms with Gasteiger partial charge in [-0.15, -0.1) is 0 Å². The van der Waals surface area contributed by atoms with E-state index < -0.39 is 52.0 Å². The van der Waals surface area contributed by atoms with E-state index >= 15 is 0 Å². The zero-order valence-corrected chi connectivity index (χ0v) is 27.9. The third kappa shape index (κ3) is 6.29. The molecule has 0 amide bonds. The number of ketones is 1. The van der Waals surface area contributed by atoms with Crippen molar-refractivity contribution in [3.05, 3.63) is 116 Å². The van der Waals surface area contributed by atoms with Crippen LogP contribution in [-0.4, -0.2) is 46.6 Å². The first-order valence-corrected chi connectivity index (χ1v) is 16.1. The van der Waals surface area contributed by atoms with Gasteiger partial charge in [-0.3, -0.25) is 9.59 Å². The second-order valence-corrected chi connectivity index (χ2v) is 13.1. The predicted molar refractivity (Wildman–Crippen MR) is 189 cm³/mol. The highest BCUT2D eigenvalue weighted by Gasteiger charge is 2.43. The average molecular weight is 693 g/mol. The summed E-state index contributed by atoms with van der Waals surface area (Å²) in [6.45, 7) is 5.44. The molecular weight excluding hydrogens is 656 g/mol. The molecule has 8 N–H and O–H groups in total. The smallest absolute Gasteiger partial charge is 0.200 e. The Morgan fingerprint density at radius 3 is 2.04 bits per heavy atom. The van der Waals surface area contributed by atoms with E-state index in [2.05, 4.69) is 0 Å². The number of aromatic hydroxyl groups is 8. The third-order valence-corrected chi connectivity index (χ3v) is 9.32. The second-order valence-electron chi connectivity index (χ2n) is 13.1. The van der Waals surface area contributed by atoms with Crippen LogP contribution < -0.4 is 5.43 Å². The summed E-state index contributed by atoms with van der Waals surface area (Å²) < 4.78 is 6.45. The Labute approximate surface area is 291 Å². The molecule has 0 fully saturated rings. The van der Waals surface area contributed by atoms with Crippen LogP contribution in [0.15, 0.2) is 93.2 Å². The zero-order chi connectivity index (χ0) is 36.9. The van der Waals surface area contributed by atoms with Crippen molar-refractivity contribution in [1.29, 1.82) is 0 Å². The number of allylic oxidation sites excluding steroid dienone is 4. The van der Waals surface area contributed by atoms with Crippen LogP contribution in [-0.2, 0) is 6.42 Å². The summed E-state index contributed by atoms with van der Waals surface area (Å²) in [7, 11) is 0. The van der Waals surface area contributed by atoms with Gasteiger partial charge in [0, 0.05) is 53.1 Å². The Kier molecular flexibility index (Phi) is 8.90. The van der Waals surface area contributed by atoms with E-state index in [-0.39, 0.29) is 80.4 Å². The first kappa shape index (κ1) is 34.5. The Morgan fingerprint density at radius 1 is 0.784 bits per heavy atom. The quantitative estimate of drug-likeness (QED) is 0.0625. The van der Waals surface area contributed by atoms with Gasteiger partial charge in [0.15, 0.2) is 5.78 Å². The monoisotopic (exact) mass is 692 g/mol. The van der Waals surface area contributed by atoms with Gasteiger partial charge >= 0.3 is 0 Å². The minimum Gasteiger partial charge on any atom is -0.508 e. The van der Waals surface area contributed by atoms with Gasteiger partial charge in [-0.25, -0.2) is 0 Å². The van der Waals surface area contributed by atoms with Crippen molar-refractivity contribution < 1.29 is 50.1 Å². The third-order valence-electron chi connectivity index (χ3n) is 9.32. The molecule has 0 saturated carbocycles. The molecule has 3 atom stereocenters. The molecule has 4 aromatic carbocycles. The average Bonchev–Trinajstić information content (AvgIpc) is 3.03. The van der Waals surface area contributed by atoms with E-state index in [0.29, 0.717) is 0 Å². The first-order chi connectivity index (χ1) is 24.2. The summed E-state index contributed by atoms with van der Waals surface area (Å²) >= 11 is 0. The van der Waals surface area contributed by atoms with Crippen LogP contribution in [0.1, 0.15) is 66.1 Å². The van der Waals surface area contributed by atoms with Crippen LogP contribution >= 0.6 is 0 Å². The van der Waals surface area contributed by atoms with E-state index in [1.165, 1.54) is 36.4 Å². The van der Waals surface area contributed by atoms with Crippen LogP contribution in [0, 0.1) is 5.92 Å². The number of fused-ring (bicyclic) bond motifs is 1. The predicted octanol–water partition coefficient (Wildman–Crippen LogP) is 7.33. The molecule has 0 radical (unpaired) electrons. The number of hydrogen-bond donors (Lipinski definition) is 8. The van der Waals surface area contributed by atoms with Crippen molar-refractivity contribution in [2.24, 2.45) is 5.92 Å². The highest BCUT2D eigenvalue weighted by Crippen LogP contribution is 2.53. The van der Waals surface area contributed by atoms with Crippen molar-refractivity contribution in [2.45, 2.75) is 45.4 Å². The molecule has 262 valence electrons. The number of carbonyl (C=O) groups excluding carboxylic acids is 1. The molecule has 11 nitrogen and oxygen atoms in total. The minimum absolute atomic E-state index is 0.0395. The van der Waals surface area contributed by atoms with Gasteiger partial charge in [0.2, 0.25) is 5.43 Å². The maximum atomic E-state index is 14.6. The Morgan fingerprint density at radius 2 is 1.41 bits per heavy atom. The van der Waals surface area contributed by atoms with Crippen LogP contribution in [0.3, 0.4) is 0 Å². The Hall–Kier alpha value is -6.36. The topological polar surface area (TPSA) is 209 Å². The molecule has 6 rings (SSSR count). The second kappa shape index (κ2) is 13.2. The summed E-state index contributed by atoms with van der Waals surface area (Å²) in [6, 6.07) is 12.2. The highest BCUT2D eigenvalue weighted by molar-refractivity contribution is 6.02. The van der Waals surface area contributed by atoms with Crippen molar-refractivity contribution in [3.8, 4) is 57.3 Å². The fraction of sp³-hybridized carbons (Fsp3) is 0.200. The standard InChI is InChI=1S/C40H36O11/c1-18(2)4-8-26-38(50)36-33(48)17-32(47)35(40(36)51-39(26)25-11-7-22(43)16-31(25)46)28-13-19(3)12-27(23-9-5-20(41)14-29(23)44)34(28)37(49)24-10-6-21(42)15-30(24)45/h4-7,9-11,13-17,27-28,34,41-48H,8,12H2,1-3H3/t27-,28?,34?/m0/s1. The molecule has 1 aromatic heterocycles. The van der Waals surface area contributed by atoms with E-state index in [0.717, 1.165) is 35.4 Å². The maximum absolute atomic E-state index is 14.6. The van der Waals surface area contributed by atoms with E-state index in [1.54, 1.807) is 19.1 Å². The number of carbonyl (C=O) groups is 1. The largest absolute Gasteiger partial charge is 0.508 e. The molecule has 0 bridgehead atoms. The first-order valence-electron chi connectivity index (χ1n) is 16.1. The number of hydrogen-bond acceptors (Lipinski definition) is 11. The summed E-state index contributed by atoms with van der Waals surface area (Å²) in [4.78, 5) is 29.0. The lowest BCUT2D eigenvalue weighted by molar-refractivity contribution is 0.0877. The van der Waals surface area contributed by atoms with Gasteiger partial charge in [-0.1, -0.05) is 29.4 Å². The number of benzene rings is 4. The van der Waals surface area contributed by atoms with Crippen LogP contribution in [0.4, 0.5) is 0 Å². The molecular formula is C40H36O11.